The van der Waals surface area contributed by atoms with Crippen LogP contribution in [-0.2, 0) is 13.1 Å². The molecule has 0 spiro atoms. The molecule has 8 nitrogen and oxygen atoms in total. The predicted octanol–water partition coefficient (Wildman–Crippen LogP) is 1.99. The van der Waals surface area contributed by atoms with Crippen molar-refractivity contribution < 1.29 is 4.42 Å². The minimum Gasteiger partial charge on any atom is -0.403 e. The average molecular weight is 299 g/mol. The summed E-state index contributed by atoms with van der Waals surface area (Å²) in [7, 11) is 0. The van der Waals surface area contributed by atoms with Crippen molar-refractivity contribution in [1.82, 2.24) is 30.2 Å². The van der Waals surface area contributed by atoms with E-state index < -0.39 is 0 Å². The maximum Gasteiger partial charge on any atom is 0.316 e. The van der Waals surface area contributed by atoms with E-state index in [1.807, 2.05) is 23.0 Å². The van der Waals surface area contributed by atoms with Crippen molar-refractivity contribution in [2.75, 3.05) is 5.32 Å². The summed E-state index contributed by atoms with van der Waals surface area (Å²) >= 11 is 0. The van der Waals surface area contributed by atoms with E-state index in [9.17, 15) is 0 Å². The van der Waals surface area contributed by atoms with E-state index >= 15 is 0 Å². The van der Waals surface area contributed by atoms with Crippen molar-refractivity contribution >= 4 is 6.01 Å². The van der Waals surface area contributed by atoms with Crippen LogP contribution in [0.15, 0.2) is 35.1 Å². The third kappa shape index (κ3) is 3.46. The van der Waals surface area contributed by atoms with Gasteiger partial charge in [0.05, 0.1) is 12.7 Å². The predicted molar refractivity (Wildman–Crippen MR) is 79.7 cm³/mol. The first-order valence-electron chi connectivity index (χ1n) is 7.07. The molecule has 0 saturated carbocycles. The first kappa shape index (κ1) is 14.2. The van der Waals surface area contributed by atoms with E-state index in [0.717, 1.165) is 17.8 Å². The molecule has 0 unspecified atom stereocenters. The van der Waals surface area contributed by atoms with E-state index in [1.54, 1.807) is 12.4 Å². The molecule has 114 valence electrons. The van der Waals surface area contributed by atoms with E-state index in [1.165, 1.54) is 0 Å². The zero-order valence-electron chi connectivity index (χ0n) is 12.5. The molecule has 22 heavy (non-hydrogen) atoms. The molecule has 0 radical (unpaired) electrons. The van der Waals surface area contributed by atoms with Gasteiger partial charge < -0.3 is 9.73 Å². The number of nitrogens with one attached hydrogen (secondary N) is 1. The zero-order valence-corrected chi connectivity index (χ0v) is 12.5. The topological polar surface area (TPSA) is 94.6 Å². The summed E-state index contributed by atoms with van der Waals surface area (Å²) in [5.74, 6) is 0.981. The monoisotopic (exact) mass is 299 g/mol. The highest BCUT2D eigenvalue weighted by atomic mass is 16.4. The van der Waals surface area contributed by atoms with E-state index in [-0.39, 0.29) is 0 Å². The van der Waals surface area contributed by atoms with Gasteiger partial charge in [-0.1, -0.05) is 24.2 Å². The number of hydrogen-bond donors (Lipinski definition) is 1. The maximum atomic E-state index is 5.55. The minimum absolute atomic E-state index is 0.352. The molecule has 3 aromatic rings. The Morgan fingerprint density at radius 2 is 2.00 bits per heavy atom. The summed E-state index contributed by atoms with van der Waals surface area (Å²) in [5.41, 5.74) is 1.66. The number of aromatic nitrogens is 6. The summed E-state index contributed by atoms with van der Waals surface area (Å²) in [6.07, 6.45) is 5.27. The van der Waals surface area contributed by atoms with Crippen LogP contribution in [0.5, 0.6) is 0 Å². The highest BCUT2D eigenvalue weighted by molar-refractivity contribution is 5.51. The fourth-order valence-corrected chi connectivity index (χ4v) is 1.95. The molecule has 3 rings (SSSR count). The van der Waals surface area contributed by atoms with Gasteiger partial charge in [0.2, 0.25) is 5.89 Å². The van der Waals surface area contributed by atoms with Gasteiger partial charge in [-0.25, -0.2) is 0 Å². The first-order chi connectivity index (χ1) is 10.7. The van der Waals surface area contributed by atoms with Gasteiger partial charge in [-0.05, 0) is 18.1 Å². The number of nitrogens with zero attached hydrogens (tertiary/aromatic N) is 6. The smallest absolute Gasteiger partial charge is 0.316 e. The summed E-state index contributed by atoms with van der Waals surface area (Å²) in [6.45, 7) is 5.60. The lowest BCUT2D eigenvalue weighted by Gasteiger charge is -2.02. The average Bonchev–Trinajstić information content (AvgIpc) is 3.15. The standard InChI is InChI=1S/C14H17N7O/c1-10(2)8-21-9-12(17-20-21)7-16-14-19-18-13(22-14)11-3-5-15-6-4-11/h3-6,9-10H,7-8H2,1-2H3,(H,16,19). The molecular weight excluding hydrogens is 282 g/mol. The van der Waals surface area contributed by atoms with Gasteiger partial charge in [0.1, 0.15) is 5.69 Å². The van der Waals surface area contributed by atoms with Gasteiger partial charge in [-0.3, -0.25) is 9.67 Å². The summed E-state index contributed by atoms with van der Waals surface area (Å²) in [5, 5.41) is 19.2. The zero-order chi connectivity index (χ0) is 15.4. The Labute approximate surface area is 127 Å². The molecule has 0 amide bonds. The van der Waals surface area contributed by atoms with Crippen molar-refractivity contribution in [2.24, 2.45) is 5.92 Å². The van der Waals surface area contributed by atoms with Crippen LogP contribution in [0.25, 0.3) is 11.5 Å². The SMILES string of the molecule is CC(C)Cn1cc(CNc2nnc(-c3ccncc3)o2)nn1. The lowest BCUT2D eigenvalue weighted by atomic mass is 10.2. The second-order valence-corrected chi connectivity index (χ2v) is 5.33. The van der Waals surface area contributed by atoms with Gasteiger partial charge in [0, 0.05) is 24.5 Å². The van der Waals surface area contributed by atoms with Crippen molar-refractivity contribution in [3.05, 3.63) is 36.4 Å². The molecular formula is C14H17N7O. The van der Waals surface area contributed by atoms with Crippen LogP contribution in [0.4, 0.5) is 6.01 Å². The Hall–Kier alpha value is -2.77. The minimum atomic E-state index is 0.352. The summed E-state index contributed by atoms with van der Waals surface area (Å²) in [4.78, 5) is 3.95. The summed E-state index contributed by atoms with van der Waals surface area (Å²) in [6, 6.07) is 3.98. The Morgan fingerprint density at radius 3 is 2.77 bits per heavy atom. The first-order valence-corrected chi connectivity index (χ1v) is 7.07. The van der Waals surface area contributed by atoms with Gasteiger partial charge in [0.25, 0.3) is 0 Å². The van der Waals surface area contributed by atoms with Crippen LogP contribution >= 0.6 is 0 Å². The van der Waals surface area contributed by atoms with E-state index in [0.29, 0.717) is 24.4 Å². The lowest BCUT2D eigenvalue weighted by Crippen LogP contribution is -2.04. The van der Waals surface area contributed by atoms with Crippen LogP contribution in [-0.4, -0.2) is 30.2 Å². The van der Waals surface area contributed by atoms with Crippen molar-refractivity contribution in [1.29, 1.82) is 0 Å². The number of anilines is 1. The van der Waals surface area contributed by atoms with Crippen LogP contribution in [0.2, 0.25) is 0 Å². The Balaban J connectivity index is 1.60. The van der Waals surface area contributed by atoms with E-state index in [4.69, 9.17) is 4.42 Å². The van der Waals surface area contributed by atoms with Crippen LogP contribution in [0.1, 0.15) is 19.5 Å². The summed E-state index contributed by atoms with van der Waals surface area (Å²) < 4.78 is 7.38. The number of rotatable bonds is 6. The van der Waals surface area contributed by atoms with Crippen LogP contribution in [0.3, 0.4) is 0 Å². The number of hydrogen-bond acceptors (Lipinski definition) is 7. The van der Waals surface area contributed by atoms with E-state index in [2.05, 4.69) is 44.7 Å². The Bertz CT molecular complexity index is 720. The van der Waals surface area contributed by atoms with Crippen molar-refractivity contribution in [3.8, 4) is 11.5 Å². The molecule has 0 saturated heterocycles. The number of pyridine rings is 1. The van der Waals surface area contributed by atoms with Crippen LogP contribution in [0, 0.1) is 5.92 Å². The molecule has 3 aromatic heterocycles. The normalized spacial score (nSPS) is 11.0. The molecule has 0 fully saturated rings. The Morgan fingerprint density at radius 1 is 1.18 bits per heavy atom. The maximum absolute atomic E-state index is 5.55. The largest absolute Gasteiger partial charge is 0.403 e. The fourth-order valence-electron chi connectivity index (χ4n) is 1.95. The van der Waals surface area contributed by atoms with Gasteiger partial charge in [-0.15, -0.1) is 10.2 Å². The second-order valence-electron chi connectivity index (χ2n) is 5.33. The molecule has 0 aromatic carbocycles. The van der Waals surface area contributed by atoms with Crippen molar-refractivity contribution in [2.45, 2.75) is 26.9 Å². The highest BCUT2D eigenvalue weighted by Crippen LogP contribution is 2.18. The molecule has 1 N–H and O–H groups in total. The molecule has 8 heteroatoms. The van der Waals surface area contributed by atoms with Crippen molar-refractivity contribution in [3.63, 3.8) is 0 Å². The molecule has 0 aliphatic rings. The molecule has 0 atom stereocenters. The Kier molecular flexibility index (Phi) is 4.08. The van der Waals surface area contributed by atoms with Gasteiger partial charge >= 0.3 is 6.01 Å². The van der Waals surface area contributed by atoms with Gasteiger partial charge in [0.15, 0.2) is 0 Å². The second kappa shape index (κ2) is 6.33. The lowest BCUT2D eigenvalue weighted by molar-refractivity contribution is 0.472. The quantitative estimate of drug-likeness (QED) is 0.743. The molecule has 3 heterocycles. The molecule has 0 bridgehead atoms. The fraction of sp³-hybridized carbons (Fsp3) is 0.357. The highest BCUT2D eigenvalue weighted by Gasteiger charge is 2.09. The molecule has 0 aliphatic heterocycles. The van der Waals surface area contributed by atoms with Crippen LogP contribution < -0.4 is 5.32 Å². The third-order valence-electron chi connectivity index (χ3n) is 2.91. The third-order valence-corrected chi connectivity index (χ3v) is 2.91. The van der Waals surface area contributed by atoms with Gasteiger partial charge in [-0.2, -0.15) is 0 Å². The molecule has 0 aliphatic carbocycles.